The predicted molar refractivity (Wildman–Crippen MR) is 77.4 cm³/mol. The van der Waals surface area contributed by atoms with Crippen LogP contribution in [0.3, 0.4) is 0 Å². The second kappa shape index (κ2) is 5.90. The van der Waals surface area contributed by atoms with Crippen LogP contribution in [-0.4, -0.2) is 15.5 Å². The molecule has 0 spiro atoms. The summed E-state index contributed by atoms with van der Waals surface area (Å²) < 4.78 is 1.97. The normalized spacial score (nSPS) is 14.8. The molecule has 1 fully saturated rings. The van der Waals surface area contributed by atoms with Crippen molar-refractivity contribution in [3.05, 3.63) is 48.5 Å². The first-order valence-electron chi connectivity index (χ1n) is 7.16. The van der Waals surface area contributed by atoms with Crippen molar-refractivity contribution >= 4 is 5.91 Å². The summed E-state index contributed by atoms with van der Waals surface area (Å²) in [6, 6.07) is 8.07. The Kier molecular flexibility index (Phi) is 3.81. The van der Waals surface area contributed by atoms with Crippen molar-refractivity contribution in [1.29, 1.82) is 0 Å². The third-order valence-corrected chi connectivity index (χ3v) is 3.95. The van der Waals surface area contributed by atoms with Gasteiger partial charge < -0.3 is 9.88 Å². The number of hydrogen-bond acceptors (Lipinski definition) is 2. The monoisotopic (exact) mass is 269 g/mol. The molecule has 1 saturated carbocycles. The lowest BCUT2D eigenvalue weighted by Gasteiger charge is -2.24. The highest BCUT2D eigenvalue weighted by Gasteiger charge is 2.20. The maximum Gasteiger partial charge on any atom is 0.220 e. The van der Waals surface area contributed by atoms with Crippen LogP contribution in [0.25, 0.3) is 5.69 Å². The van der Waals surface area contributed by atoms with Gasteiger partial charge >= 0.3 is 0 Å². The van der Waals surface area contributed by atoms with Gasteiger partial charge in [0.2, 0.25) is 5.91 Å². The highest BCUT2D eigenvalue weighted by atomic mass is 16.1. The average Bonchev–Trinajstić information content (AvgIpc) is 2.95. The zero-order valence-corrected chi connectivity index (χ0v) is 11.5. The number of benzene rings is 1. The van der Waals surface area contributed by atoms with E-state index in [2.05, 4.69) is 10.3 Å². The Bertz CT molecular complexity index is 573. The molecule has 1 N–H and O–H groups in total. The van der Waals surface area contributed by atoms with E-state index in [1.54, 1.807) is 12.5 Å². The highest BCUT2D eigenvalue weighted by molar-refractivity contribution is 5.76. The average molecular weight is 269 g/mol. The predicted octanol–water partition coefficient (Wildman–Crippen LogP) is 2.68. The standard InChI is InChI=1S/C16H19N3O/c20-16(10-13-4-3-5-13)18-11-14-6-1-2-7-15(14)19-9-8-17-12-19/h1-2,6-9,12-13H,3-5,10-11H2,(H,18,20). The maximum atomic E-state index is 11.9. The van der Waals surface area contributed by atoms with Crippen molar-refractivity contribution < 1.29 is 4.79 Å². The first-order chi connectivity index (χ1) is 9.83. The van der Waals surface area contributed by atoms with E-state index < -0.39 is 0 Å². The lowest BCUT2D eigenvalue weighted by Crippen LogP contribution is -2.27. The topological polar surface area (TPSA) is 46.9 Å². The fourth-order valence-electron chi connectivity index (χ4n) is 2.54. The number of nitrogens with one attached hydrogen (secondary N) is 1. The summed E-state index contributed by atoms with van der Waals surface area (Å²) in [4.78, 5) is 16.0. The largest absolute Gasteiger partial charge is 0.352 e. The van der Waals surface area contributed by atoms with Crippen LogP contribution in [0.4, 0.5) is 0 Å². The van der Waals surface area contributed by atoms with Gasteiger partial charge in [-0.15, -0.1) is 0 Å². The number of imidazole rings is 1. The minimum atomic E-state index is 0.162. The van der Waals surface area contributed by atoms with Gasteiger partial charge in [0, 0.05) is 25.4 Å². The fraction of sp³-hybridized carbons (Fsp3) is 0.375. The van der Waals surface area contributed by atoms with Crippen molar-refractivity contribution in [2.75, 3.05) is 0 Å². The lowest BCUT2D eigenvalue weighted by atomic mass is 9.83. The molecule has 0 radical (unpaired) electrons. The number of carbonyl (C=O) groups is 1. The van der Waals surface area contributed by atoms with E-state index in [4.69, 9.17) is 0 Å². The summed E-state index contributed by atoms with van der Waals surface area (Å²) in [6.45, 7) is 0.569. The molecule has 0 unspecified atom stereocenters. The molecule has 1 heterocycles. The number of hydrogen-bond donors (Lipinski definition) is 1. The van der Waals surface area contributed by atoms with E-state index in [9.17, 15) is 4.79 Å². The van der Waals surface area contributed by atoms with Crippen LogP contribution in [0.1, 0.15) is 31.2 Å². The molecule has 4 nitrogen and oxygen atoms in total. The number of nitrogens with zero attached hydrogens (tertiary/aromatic N) is 2. The summed E-state index contributed by atoms with van der Waals surface area (Å²) in [5.74, 6) is 0.772. The Morgan fingerprint density at radius 3 is 2.90 bits per heavy atom. The smallest absolute Gasteiger partial charge is 0.220 e. The second-order valence-electron chi connectivity index (χ2n) is 5.38. The summed E-state index contributed by atoms with van der Waals surface area (Å²) in [5, 5.41) is 3.03. The van der Waals surface area contributed by atoms with Crippen molar-refractivity contribution in [1.82, 2.24) is 14.9 Å². The number of para-hydroxylation sites is 1. The minimum absolute atomic E-state index is 0.162. The van der Waals surface area contributed by atoms with Crippen molar-refractivity contribution in [3.63, 3.8) is 0 Å². The summed E-state index contributed by atoms with van der Waals surface area (Å²) in [5.41, 5.74) is 2.17. The fourth-order valence-corrected chi connectivity index (χ4v) is 2.54. The van der Waals surface area contributed by atoms with Gasteiger partial charge in [0.05, 0.1) is 12.0 Å². The summed E-state index contributed by atoms with van der Waals surface area (Å²) in [7, 11) is 0. The van der Waals surface area contributed by atoms with E-state index in [1.165, 1.54) is 19.3 Å². The molecule has 1 aromatic carbocycles. The Morgan fingerprint density at radius 2 is 2.20 bits per heavy atom. The van der Waals surface area contributed by atoms with Gasteiger partial charge in [-0.25, -0.2) is 4.98 Å². The molecule has 0 saturated heterocycles. The minimum Gasteiger partial charge on any atom is -0.352 e. The van der Waals surface area contributed by atoms with Crippen molar-refractivity contribution in [2.24, 2.45) is 5.92 Å². The molecule has 1 amide bonds. The molecule has 104 valence electrons. The number of rotatable bonds is 5. The Hall–Kier alpha value is -2.10. The molecule has 1 aliphatic carbocycles. The van der Waals surface area contributed by atoms with Crippen LogP contribution >= 0.6 is 0 Å². The van der Waals surface area contributed by atoms with E-state index in [-0.39, 0.29) is 5.91 Å². The van der Waals surface area contributed by atoms with Gasteiger partial charge in [0.15, 0.2) is 0 Å². The number of amides is 1. The van der Waals surface area contributed by atoms with Crippen LogP contribution < -0.4 is 5.32 Å². The lowest BCUT2D eigenvalue weighted by molar-refractivity contribution is -0.122. The Labute approximate surface area is 118 Å². The quantitative estimate of drug-likeness (QED) is 0.907. The number of carbonyl (C=O) groups excluding carboxylic acids is 1. The molecule has 3 rings (SSSR count). The zero-order chi connectivity index (χ0) is 13.8. The van der Waals surface area contributed by atoms with Crippen LogP contribution in [0.15, 0.2) is 43.0 Å². The zero-order valence-electron chi connectivity index (χ0n) is 11.5. The molecule has 0 bridgehead atoms. The van der Waals surface area contributed by atoms with Gasteiger partial charge in [0.25, 0.3) is 0 Å². The first-order valence-corrected chi connectivity index (χ1v) is 7.16. The van der Waals surface area contributed by atoms with E-state index in [0.29, 0.717) is 18.9 Å². The second-order valence-corrected chi connectivity index (χ2v) is 5.38. The van der Waals surface area contributed by atoms with Gasteiger partial charge in [-0.3, -0.25) is 4.79 Å². The van der Waals surface area contributed by atoms with Crippen LogP contribution in [-0.2, 0) is 11.3 Å². The van der Waals surface area contributed by atoms with Gasteiger partial charge in [-0.05, 0) is 30.4 Å². The molecule has 4 heteroatoms. The van der Waals surface area contributed by atoms with Crippen LogP contribution in [0.2, 0.25) is 0 Å². The highest BCUT2D eigenvalue weighted by Crippen LogP contribution is 2.29. The Balaban J connectivity index is 1.63. The third kappa shape index (κ3) is 2.90. The maximum absolute atomic E-state index is 11.9. The van der Waals surface area contributed by atoms with Crippen LogP contribution in [0.5, 0.6) is 0 Å². The molecule has 0 aliphatic heterocycles. The Morgan fingerprint density at radius 1 is 1.35 bits per heavy atom. The molecular weight excluding hydrogens is 250 g/mol. The molecule has 1 aromatic heterocycles. The summed E-state index contributed by atoms with van der Waals surface area (Å²) >= 11 is 0. The van der Waals surface area contributed by atoms with Crippen molar-refractivity contribution in [2.45, 2.75) is 32.2 Å². The van der Waals surface area contributed by atoms with Gasteiger partial charge in [-0.2, -0.15) is 0 Å². The van der Waals surface area contributed by atoms with E-state index in [1.807, 2.05) is 35.0 Å². The number of aromatic nitrogens is 2. The van der Waals surface area contributed by atoms with E-state index in [0.717, 1.165) is 11.3 Å². The molecule has 20 heavy (non-hydrogen) atoms. The van der Waals surface area contributed by atoms with Crippen LogP contribution in [0, 0.1) is 5.92 Å². The third-order valence-electron chi connectivity index (χ3n) is 3.95. The molecular formula is C16H19N3O. The SMILES string of the molecule is O=C(CC1CCC1)NCc1ccccc1-n1ccnc1. The van der Waals surface area contributed by atoms with E-state index >= 15 is 0 Å². The van der Waals surface area contributed by atoms with Gasteiger partial charge in [-0.1, -0.05) is 24.6 Å². The molecule has 2 aromatic rings. The van der Waals surface area contributed by atoms with Gasteiger partial charge in [0.1, 0.15) is 0 Å². The first kappa shape index (κ1) is 12.9. The van der Waals surface area contributed by atoms with Crippen molar-refractivity contribution in [3.8, 4) is 5.69 Å². The molecule has 1 aliphatic rings. The summed E-state index contributed by atoms with van der Waals surface area (Å²) in [6.07, 6.45) is 9.81. The molecule has 0 atom stereocenters.